The minimum atomic E-state index is -0.406. The number of hydrogen-bond acceptors (Lipinski definition) is 5. The van der Waals surface area contributed by atoms with Crippen LogP contribution in [0.3, 0.4) is 0 Å². The minimum absolute atomic E-state index is 0.293. The number of hydrogen-bond donors (Lipinski definition) is 0. The van der Waals surface area contributed by atoms with Crippen LogP contribution < -0.4 is 0 Å². The molecule has 3 aromatic heterocycles. The number of nitrogens with zero attached hydrogens (tertiary/aromatic N) is 4. The first-order chi connectivity index (χ1) is 11.6. The van der Waals surface area contributed by atoms with Gasteiger partial charge in [0.1, 0.15) is 5.15 Å². The Hall–Kier alpha value is -2.47. The van der Waals surface area contributed by atoms with E-state index in [0.29, 0.717) is 29.6 Å². The van der Waals surface area contributed by atoms with Crippen molar-refractivity contribution in [1.29, 1.82) is 0 Å². The maximum atomic E-state index is 12.5. The number of halogens is 1. The summed E-state index contributed by atoms with van der Waals surface area (Å²) in [7, 11) is 0. The summed E-state index contributed by atoms with van der Waals surface area (Å²) in [5.41, 5.74) is 3.26. The Bertz CT molecular complexity index is 920. The number of ether oxygens (including phenoxy) is 1. The number of pyridine rings is 2. The predicted molar refractivity (Wildman–Crippen MR) is 92.1 cm³/mol. The summed E-state index contributed by atoms with van der Waals surface area (Å²) in [5.74, 6) is -0.406. The van der Waals surface area contributed by atoms with Gasteiger partial charge in [-0.2, -0.15) is 5.10 Å². The first-order valence-electron chi connectivity index (χ1n) is 7.72. The highest BCUT2D eigenvalue weighted by molar-refractivity contribution is 6.29. The average Bonchev–Trinajstić information content (AvgIpc) is 2.96. The molecular formula is C17H17ClN4O2. The molecule has 6 nitrogen and oxygen atoms in total. The van der Waals surface area contributed by atoms with Crippen LogP contribution in [0, 0.1) is 6.92 Å². The summed E-state index contributed by atoms with van der Waals surface area (Å²) in [6.07, 6.45) is 3.33. The first kappa shape index (κ1) is 16.4. The molecule has 0 radical (unpaired) electrons. The van der Waals surface area contributed by atoms with Crippen LogP contribution in [0.2, 0.25) is 5.15 Å². The lowest BCUT2D eigenvalue weighted by Crippen LogP contribution is -2.11. The van der Waals surface area contributed by atoms with Gasteiger partial charge in [-0.3, -0.25) is 0 Å². The zero-order valence-electron chi connectivity index (χ0n) is 13.7. The number of aromatic nitrogens is 4. The number of fused-ring (bicyclic) bond motifs is 1. The molecule has 0 bridgehead atoms. The molecule has 0 fully saturated rings. The highest BCUT2D eigenvalue weighted by Gasteiger charge is 2.23. The van der Waals surface area contributed by atoms with Gasteiger partial charge in [0.15, 0.2) is 5.65 Å². The van der Waals surface area contributed by atoms with Gasteiger partial charge in [-0.25, -0.2) is 19.4 Å². The summed E-state index contributed by atoms with van der Waals surface area (Å²) < 4.78 is 7.02. The summed E-state index contributed by atoms with van der Waals surface area (Å²) in [6.45, 7) is 6.54. The van der Waals surface area contributed by atoms with Crippen LogP contribution in [0.1, 0.15) is 29.9 Å². The monoisotopic (exact) mass is 344 g/mol. The van der Waals surface area contributed by atoms with E-state index < -0.39 is 5.97 Å². The fourth-order valence-electron chi connectivity index (χ4n) is 2.75. The molecule has 7 heteroatoms. The lowest BCUT2D eigenvalue weighted by atomic mass is 9.97. The molecule has 3 heterocycles. The van der Waals surface area contributed by atoms with Crippen LogP contribution in [-0.2, 0) is 11.3 Å². The Morgan fingerprint density at radius 3 is 2.83 bits per heavy atom. The molecule has 24 heavy (non-hydrogen) atoms. The van der Waals surface area contributed by atoms with Crippen LogP contribution >= 0.6 is 11.6 Å². The van der Waals surface area contributed by atoms with Gasteiger partial charge in [-0.15, -0.1) is 0 Å². The Morgan fingerprint density at radius 2 is 2.17 bits per heavy atom. The van der Waals surface area contributed by atoms with Crippen LogP contribution in [0.5, 0.6) is 0 Å². The van der Waals surface area contributed by atoms with Gasteiger partial charge in [0.25, 0.3) is 0 Å². The second-order valence-corrected chi connectivity index (χ2v) is 5.62. The van der Waals surface area contributed by atoms with Crippen LogP contribution in [0.4, 0.5) is 0 Å². The standard InChI is InChI=1S/C17H17ClN4O2/c1-4-22-16-12(9-20-22)15(11-6-7-19-13(18)8-11)14(10(3)21-16)17(23)24-5-2/h6-9H,4-5H2,1-3H3. The van der Waals surface area contributed by atoms with Gasteiger partial charge in [-0.05, 0) is 38.5 Å². The van der Waals surface area contributed by atoms with Crippen molar-refractivity contribution in [3.8, 4) is 11.1 Å². The third-order valence-electron chi connectivity index (χ3n) is 3.76. The van der Waals surface area contributed by atoms with Gasteiger partial charge in [-0.1, -0.05) is 11.6 Å². The van der Waals surface area contributed by atoms with Gasteiger partial charge in [0.05, 0.1) is 24.1 Å². The molecule has 0 saturated heterocycles. The predicted octanol–water partition coefficient (Wildman–Crippen LogP) is 3.65. The Morgan fingerprint density at radius 1 is 1.38 bits per heavy atom. The van der Waals surface area contributed by atoms with Gasteiger partial charge < -0.3 is 4.74 Å². The van der Waals surface area contributed by atoms with Gasteiger partial charge in [0, 0.05) is 23.7 Å². The maximum absolute atomic E-state index is 12.5. The van der Waals surface area contributed by atoms with Gasteiger partial charge >= 0.3 is 5.97 Å². The van der Waals surface area contributed by atoms with Crippen LogP contribution in [-0.4, -0.2) is 32.3 Å². The molecule has 0 aliphatic rings. The van der Waals surface area contributed by atoms with Crippen LogP contribution in [0.25, 0.3) is 22.2 Å². The van der Waals surface area contributed by atoms with Gasteiger partial charge in [0.2, 0.25) is 0 Å². The van der Waals surface area contributed by atoms with E-state index in [1.807, 2.05) is 13.0 Å². The topological polar surface area (TPSA) is 69.9 Å². The molecular weight excluding hydrogens is 328 g/mol. The Balaban J connectivity index is 2.39. The third-order valence-corrected chi connectivity index (χ3v) is 3.97. The van der Waals surface area contributed by atoms with E-state index >= 15 is 0 Å². The highest BCUT2D eigenvalue weighted by atomic mass is 35.5. The maximum Gasteiger partial charge on any atom is 0.340 e. The summed E-state index contributed by atoms with van der Waals surface area (Å²) in [4.78, 5) is 21.1. The summed E-state index contributed by atoms with van der Waals surface area (Å²) in [5, 5.41) is 5.50. The average molecular weight is 345 g/mol. The lowest BCUT2D eigenvalue weighted by Gasteiger charge is -2.13. The lowest BCUT2D eigenvalue weighted by molar-refractivity contribution is 0.0526. The quantitative estimate of drug-likeness (QED) is 0.533. The Kier molecular flexibility index (Phi) is 4.49. The molecule has 0 spiro atoms. The molecule has 0 saturated carbocycles. The second kappa shape index (κ2) is 6.57. The van der Waals surface area contributed by atoms with E-state index in [-0.39, 0.29) is 0 Å². The molecule has 0 aliphatic carbocycles. The molecule has 0 atom stereocenters. The Labute approximate surface area is 144 Å². The third kappa shape index (κ3) is 2.73. The number of esters is 1. The normalized spacial score (nSPS) is 11.0. The summed E-state index contributed by atoms with van der Waals surface area (Å²) in [6, 6.07) is 3.54. The first-order valence-corrected chi connectivity index (χ1v) is 8.09. The number of carbonyl (C=O) groups excluding carboxylic acids is 1. The van der Waals surface area contributed by atoms with Crippen molar-refractivity contribution in [2.45, 2.75) is 27.3 Å². The van der Waals surface area contributed by atoms with Crippen molar-refractivity contribution in [2.75, 3.05) is 6.61 Å². The molecule has 0 aromatic carbocycles. The van der Waals surface area contributed by atoms with E-state index in [0.717, 1.165) is 22.2 Å². The SMILES string of the molecule is CCOC(=O)c1c(C)nc2c(cnn2CC)c1-c1ccnc(Cl)c1. The summed E-state index contributed by atoms with van der Waals surface area (Å²) >= 11 is 6.05. The van der Waals surface area contributed by atoms with E-state index in [1.54, 1.807) is 37.0 Å². The van der Waals surface area contributed by atoms with Crippen molar-refractivity contribution in [2.24, 2.45) is 0 Å². The van der Waals surface area contributed by atoms with Crippen molar-refractivity contribution < 1.29 is 9.53 Å². The molecule has 124 valence electrons. The molecule has 0 unspecified atom stereocenters. The van der Waals surface area contributed by atoms with Crippen molar-refractivity contribution in [3.05, 3.63) is 40.9 Å². The smallest absolute Gasteiger partial charge is 0.340 e. The zero-order chi connectivity index (χ0) is 17.3. The van der Waals surface area contributed by atoms with E-state index in [1.165, 1.54) is 0 Å². The fourth-order valence-corrected chi connectivity index (χ4v) is 2.92. The molecule has 0 amide bonds. The molecule has 0 N–H and O–H groups in total. The van der Waals surface area contributed by atoms with Crippen molar-refractivity contribution >= 4 is 28.6 Å². The van der Waals surface area contributed by atoms with Crippen LogP contribution in [0.15, 0.2) is 24.5 Å². The fraction of sp³-hybridized carbons (Fsp3) is 0.294. The largest absolute Gasteiger partial charge is 0.462 e. The van der Waals surface area contributed by atoms with E-state index in [4.69, 9.17) is 16.3 Å². The zero-order valence-corrected chi connectivity index (χ0v) is 14.5. The van der Waals surface area contributed by atoms with Crippen molar-refractivity contribution in [1.82, 2.24) is 19.7 Å². The minimum Gasteiger partial charge on any atom is -0.462 e. The molecule has 3 aromatic rings. The van der Waals surface area contributed by atoms with E-state index in [2.05, 4.69) is 15.1 Å². The van der Waals surface area contributed by atoms with E-state index in [9.17, 15) is 4.79 Å². The number of aryl methyl sites for hydroxylation is 2. The molecule has 3 rings (SSSR count). The van der Waals surface area contributed by atoms with Crippen molar-refractivity contribution in [3.63, 3.8) is 0 Å². The number of rotatable bonds is 4. The molecule has 0 aliphatic heterocycles. The second-order valence-electron chi connectivity index (χ2n) is 5.23. The highest BCUT2D eigenvalue weighted by Crippen LogP contribution is 2.34. The number of carbonyl (C=O) groups is 1.